The molecule has 0 radical (unpaired) electrons. The van der Waals surface area contributed by atoms with Crippen molar-refractivity contribution in [1.29, 1.82) is 0 Å². The van der Waals surface area contributed by atoms with Crippen LogP contribution in [0.1, 0.15) is 5.69 Å². The molecule has 8 heteroatoms. The number of carbonyl (C=O) groups is 1. The first kappa shape index (κ1) is 13.7. The second kappa shape index (κ2) is 5.93. The largest absolute Gasteiger partial charge is 0.348 e. The summed E-state index contributed by atoms with van der Waals surface area (Å²) in [6.07, 6.45) is 3.44. The fourth-order valence-electron chi connectivity index (χ4n) is 1.63. The van der Waals surface area contributed by atoms with Gasteiger partial charge in [0.05, 0.1) is 17.3 Å². The summed E-state index contributed by atoms with van der Waals surface area (Å²) < 4.78 is 0. The maximum absolute atomic E-state index is 11.9. The van der Waals surface area contributed by atoms with Crippen LogP contribution in [-0.4, -0.2) is 26.8 Å². The number of rotatable bonds is 5. The summed E-state index contributed by atoms with van der Waals surface area (Å²) in [6.45, 7) is 0. The molecule has 20 heavy (non-hydrogen) atoms. The number of anilines is 1. The van der Waals surface area contributed by atoms with Crippen molar-refractivity contribution in [3.63, 3.8) is 0 Å². The number of aromatic amines is 1. The van der Waals surface area contributed by atoms with E-state index in [1.165, 1.54) is 30.6 Å². The minimum atomic E-state index is -0.731. The van der Waals surface area contributed by atoms with Gasteiger partial charge in [-0.15, -0.1) is 0 Å². The first-order valence-corrected chi connectivity index (χ1v) is 5.84. The van der Waals surface area contributed by atoms with Crippen molar-refractivity contribution in [2.45, 2.75) is 12.5 Å². The number of H-pyrrole nitrogens is 1. The fraction of sp³-hybridized carbons (Fsp3) is 0.167. The SMILES string of the molecule is NC(Cc1cnc[nH]1)C(=O)Nc1ccc([N+](=O)[O-])cc1. The number of nitrogens with one attached hydrogen (secondary N) is 2. The smallest absolute Gasteiger partial charge is 0.269 e. The van der Waals surface area contributed by atoms with E-state index in [0.717, 1.165) is 5.69 Å². The number of amides is 1. The van der Waals surface area contributed by atoms with Gasteiger partial charge in [0.25, 0.3) is 5.69 Å². The lowest BCUT2D eigenvalue weighted by molar-refractivity contribution is -0.384. The van der Waals surface area contributed by atoms with Crippen molar-refractivity contribution < 1.29 is 9.72 Å². The van der Waals surface area contributed by atoms with E-state index in [9.17, 15) is 14.9 Å². The average Bonchev–Trinajstić information content (AvgIpc) is 2.92. The molecule has 4 N–H and O–H groups in total. The van der Waals surface area contributed by atoms with E-state index in [1.54, 1.807) is 6.20 Å². The molecule has 1 aromatic heterocycles. The second-order valence-electron chi connectivity index (χ2n) is 4.18. The van der Waals surface area contributed by atoms with E-state index in [4.69, 9.17) is 5.73 Å². The predicted molar refractivity (Wildman–Crippen MR) is 72.0 cm³/mol. The van der Waals surface area contributed by atoms with Gasteiger partial charge in [0.2, 0.25) is 5.91 Å². The maximum Gasteiger partial charge on any atom is 0.269 e. The first-order chi connectivity index (χ1) is 9.56. The Balaban J connectivity index is 1.95. The van der Waals surface area contributed by atoms with Crippen molar-refractivity contribution in [2.75, 3.05) is 5.32 Å². The van der Waals surface area contributed by atoms with Crippen LogP contribution in [0.3, 0.4) is 0 Å². The molecule has 0 aliphatic heterocycles. The van der Waals surface area contributed by atoms with Gasteiger partial charge in [-0.1, -0.05) is 0 Å². The van der Waals surface area contributed by atoms with Crippen LogP contribution in [0, 0.1) is 10.1 Å². The molecule has 8 nitrogen and oxygen atoms in total. The molecule has 0 spiro atoms. The summed E-state index contributed by atoms with van der Waals surface area (Å²) >= 11 is 0. The third-order valence-corrected chi connectivity index (χ3v) is 2.68. The Bertz CT molecular complexity index is 594. The first-order valence-electron chi connectivity index (χ1n) is 5.84. The molecular formula is C12H13N5O3. The number of carbonyl (C=O) groups excluding carboxylic acids is 1. The van der Waals surface area contributed by atoms with Crippen LogP contribution in [0.25, 0.3) is 0 Å². The van der Waals surface area contributed by atoms with E-state index < -0.39 is 11.0 Å². The molecule has 2 aromatic rings. The van der Waals surface area contributed by atoms with Crippen molar-refractivity contribution in [2.24, 2.45) is 5.73 Å². The molecule has 0 saturated heterocycles. The molecule has 1 aromatic carbocycles. The lowest BCUT2D eigenvalue weighted by Gasteiger charge is -2.11. The number of nitro benzene ring substituents is 1. The minimum absolute atomic E-state index is 0.0373. The molecule has 1 heterocycles. The number of nitro groups is 1. The van der Waals surface area contributed by atoms with Crippen LogP contribution in [0.4, 0.5) is 11.4 Å². The van der Waals surface area contributed by atoms with Gasteiger partial charge in [0.1, 0.15) is 0 Å². The Morgan fingerprint density at radius 1 is 1.45 bits per heavy atom. The summed E-state index contributed by atoms with van der Waals surface area (Å²) in [5.74, 6) is -0.367. The number of benzene rings is 1. The van der Waals surface area contributed by atoms with Crippen molar-refractivity contribution in [3.8, 4) is 0 Å². The lowest BCUT2D eigenvalue weighted by atomic mass is 10.1. The number of nitrogens with zero attached hydrogens (tertiary/aromatic N) is 2. The van der Waals surface area contributed by atoms with E-state index in [1.807, 2.05) is 0 Å². The van der Waals surface area contributed by atoms with Crippen LogP contribution >= 0.6 is 0 Å². The summed E-state index contributed by atoms with van der Waals surface area (Å²) in [6, 6.07) is 4.81. The Morgan fingerprint density at radius 2 is 2.15 bits per heavy atom. The minimum Gasteiger partial charge on any atom is -0.348 e. The molecule has 2 rings (SSSR count). The van der Waals surface area contributed by atoms with Crippen molar-refractivity contribution >= 4 is 17.3 Å². The van der Waals surface area contributed by atoms with Crippen LogP contribution in [-0.2, 0) is 11.2 Å². The van der Waals surface area contributed by atoms with Gasteiger partial charge < -0.3 is 16.0 Å². The summed E-state index contributed by atoms with van der Waals surface area (Å²) in [7, 11) is 0. The molecule has 0 aliphatic rings. The lowest BCUT2D eigenvalue weighted by Crippen LogP contribution is -2.37. The van der Waals surface area contributed by atoms with Gasteiger partial charge >= 0.3 is 0 Å². The van der Waals surface area contributed by atoms with Gasteiger partial charge in [-0.3, -0.25) is 14.9 Å². The summed E-state index contributed by atoms with van der Waals surface area (Å²) in [4.78, 5) is 28.6. The van der Waals surface area contributed by atoms with E-state index in [-0.39, 0.29) is 11.6 Å². The van der Waals surface area contributed by atoms with Crippen LogP contribution in [0.15, 0.2) is 36.8 Å². The van der Waals surface area contributed by atoms with E-state index in [0.29, 0.717) is 12.1 Å². The standard InChI is InChI=1S/C12H13N5O3/c13-11(5-9-6-14-7-15-9)12(18)16-8-1-3-10(4-2-8)17(19)20/h1-4,6-7,11H,5,13H2,(H,14,15)(H,16,18). The Kier molecular flexibility index (Phi) is 4.06. The number of nitrogens with two attached hydrogens (primary N) is 1. The van der Waals surface area contributed by atoms with Crippen LogP contribution in [0.2, 0.25) is 0 Å². The molecule has 1 unspecified atom stereocenters. The molecule has 0 fully saturated rings. The molecular weight excluding hydrogens is 262 g/mol. The third-order valence-electron chi connectivity index (χ3n) is 2.68. The number of hydrogen-bond acceptors (Lipinski definition) is 5. The van der Waals surface area contributed by atoms with Gasteiger partial charge in [-0.2, -0.15) is 0 Å². The van der Waals surface area contributed by atoms with Gasteiger partial charge in [0.15, 0.2) is 0 Å². The predicted octanol–water partition coefficient (Wildman–Crippen LogP) is 0.826. The highest BCUT2D eigenvalue weighted by molar-refractivity contribution is 5.94. The Labute approximate surface area is 114 Å². The highest BCUT2D eigenvalue weighted by atomic mass is 16.6. The van der Waals surface area contributed by atoms with E-state index in [2.05, 4.69) is 15.3 Å². The highest BCUT2D eigenvalue weighted by Crippen LogP contribution is 2.15. The molecule has 1 atom stereocenters. The Hall–Kier alpha value is -2.74. The molecule has 0 bridgehead atoms. The number of hydrogen-bond donors (Lipinski definition) is 3. The Morgan fingerprint density at radius 3 is 2.70 bits per heavy atom. The van der Waals surface area contributed by atoms with Gasteiger partial charge in [0, 0.05) is 36.1 Å². The third kappa shape index (κ3) is 3.39. The highest BCUT2D eigenvalue weighted by Gasteiger charge is 2.15. The van der Waals surface area contributed by atoms with Crippen LogP contribution in [0.5, 0.6) is 0 Å². The van der Waals surface area contributed by atoms with Gasteiger partial charge in [-0.05, 0) is 12.1 Å². The quantitative estimate of drug-likeness (QED) is 0.550. The second-order valence-corrected chi connectivity index (χ2v) is 4.18. The number of non-ortho nitro benzene ring substituents is 1. The van der Waals surface area contributed by atoms with Crippen molar-refractivity contribution in [1.82, 2.24) is 9.97 Å². The summed E-state index contributed by atoms with van der Waals surface area (Å²) in [5.41, 5.74) is 6.95. The van der Waals surface area contributed by atoms with E-state index >= 15 is 0 Å². The molecule has 104 valence electrons. The zero-order valence-corrected chi connectivity index (χ0v) is 10.4. The molecule has 1 amide bonds. The maximum atomic E-state index is 11.9. The summed E-state index contributed by atoms with van der Waals surface area (Å²) in [5, 5.41) is 13.1. The fourth-order valence-corrected chi connectivity index (χ4v) is 1.63. The number of imidazole rings is 1. The molecule has 0 aliphatic carbocycles. The zero-order chi connectivity index (χ0) is 14.5. The number of aromatic nitrogens is 2. The monoisotopic (exact) mass is 275 g/mol. The zero-order valence-electron chi connectivity index (χ0n) is 10.4. The average molecular weight is 275 g/mol. The van der Waals surface area contributed by atoms with Gasteiger partial charge in [-0.25, -0.2) is 4.98 Å². The van der Waals surface area contributed by atoms with Crippen LogP contribution < -0.4 is 11.1 Å². The topological polar surface area (TPSA) is 127 Å². The van der Waals surface area contributed by atoms with Crippen molar-refractivity contribution in [3.05, 3.63) is 52.6 Å². The molecule has 0 saturated carbocycles. The normalized spacial score (nSPS) is 11.8.